The number of hydrogen-bond donors (Lipinski definition) is 1. The molecule has 2 aromatic rings. The highest BCUT2D eigenvalue weighted by Crippen LogP contribution is 2.31. The number of aliphatic hydroxyl groups is 1. The van der Waals surface area contributed by atoms with Crippen LogP contribution < -0.4 is 0 Å². The van der Waals surface area contributed by atoms with Crippen molar-refractivity contribution in [2.45, 2.75) is 25.9 Å². The van der Waals surface area contributed by atoms with Crippen LogP contribution in [0.1, 0.15) is 30.0 Å². The van der Waals surface area contributed by atoms with Crippen molar-refractivity contribution in [2.24, 2.45) is 7.05 Å². The predicted octanol–water partition coefficient (Wildman–Crippen LogP) is 4.44. The number of aromatic nitrogens is 2. The van der Waals surface area contributed by atoms with Gasteiger partial charge in [-0.05, 0) is 40.0 Å². The Morgan fingerprint density at radius 2 is 2.10 bits per heavy atom. The van der Waals surface area contributed by atoms with E-state index in [0.717, 1.165) is 32.3 Å². The van der Waals surface area contributed by atoms with E-state index in [1.54, 1.807) is 10.7 Å². The molecule has 0 radical (unpaired) electrons. The lowest BCUT2D eigenvalue weighted by molar-refractivity contribution is 0.175. The normalized spacial score (nSPS) is 12.7. The van der Waals surface area contributed by atoms with E-state index in [1.165, 1.54) is 0 Å². The average Bonchev–Trinajstić information content (AvgIpc) is 2.66. The Balaban J connectivity index is 2.27. The fraction of sp³-hybridized carbons (Fsp3) is 0.357. The van der Waals surface area contributed by atoms with Gasteiger partial charge in [-0.1, -0.05) is 40.5 Å². The molecule has 1 aromatic carbocycles. The van der Waals surface area contributed by atoms with Gasteiger partial charge in [-0.25, -0.2) is 0 Å². The maximum atomic E-state index is 10.4. The van der Waals surface area contributed by atoms with Crippen molar-refractivity contribution in [3.63, 3.8) is 0 Å². The second-order valence-electron chi connectivity index (χ2n) is 4.57. The molecule has 2 rings (SSSR count). The van der Waals surface area contributed by atoms with Crippen molar-refractivity contribution < 1.29 is 5.11 Å². The van der Waals surface area contributed by atoms with Gasteiger partial charge in [-0.2, -0.15) is 5.10 Å². The third-order valence-corrected chi connectivity index (χ3v) is 4.95. The van der Waals surface area contributed by atoms with E-state index in [-0.39, 0.29) is 0 Å². The molecule has 0 saturated carbocycles. The topological polar surface area (TPSA) is 38.0 Å². The van der Waals surface area contributed by atoms with E-state index in [4.69, 9.17) is 11.6 Å². The van der Waals surface area contributed by atoms with E-state index in [2.05, 4.69) is 43.9 Å². The molecule has 0 fully saturated rings. The summed E-state index contributed by atoms with van der Waals surface area (Å²) in [6.45, 7) is 2.05. The molecule has 1 unspecified atom stereocenters. The number of hydrogen-bond acceptors (Lipinski definition) is 2. The Labute approximate surface area is 140 Å². The largest absolute Gasteiger partial charge is 0.388 e. The minimum Gasteiger partial charge on any atom is -0.388 e. The number of aliphatic hydroxyl groups excluding tert-OH is 1. The monoisotopic (exact) mass is 420 g/mol. The molecule has 0 saturated heterocycles. The quantitative estimate of drug-likeness (QED) is 0.791. The summed E-state index contributed by atoms with van der Waals surface area (Å²) in [6, 6.07) is 5.50. The number of rotatable bonds is 4. The second kappa shape index (κ2) is 6.60. The summed E-state index contributed by atoms with van der Waals surface area (Å²) in [5, 5.41) is 15.4. The van der Waals surface area contributed by atoms with E-state index in [1.807, 2.05) is 19.2 Å². The summed E-state index contributed by atoms with van der Waals surface area (Å²) in [4.78, 5) is 0. The van der Waals surface area contributed by atoms with Crippen LogP contribution in [0.4, 0.5) is 0 Å². The first kappa shape index (κ1) is 16.0. The summed E-state index contributed by atoms with van der Waals surface area (Å²) in [5.41, 5.74) is 2.69. The van der Waals surface area contributed by atoms with E-state index >= 15 is 0 Å². The summed E-state index contributed by atoms with van der Waals surface area (Å²) < 4.78 is 3.67. The SMILES string of the molecule is CCc1nn(C)c(CC(O)c2ccc(Br)cc2Cl)c1Br. The lowest BCUT2D eigenvalue weighted by Gasteiger charge is -2.13. The number of halogens is 3. The smallest absolute Gasteiger partial charge is 0.0860 e. The van der Waals surface area contributed by atoms with Gasteiger partial charge in [0, 0.05) is 23.0 Å². The van der Waals surface area contributed by atoms with Crippen LogP contribution in [0.2, 0.25) is 5.02 Å². The Morgan fingerprint density at radius 1 is 1.40 bits per heavy atom. The Hall–Kier alpha value is -0.360. The Morgan fingerprint density at radius 3 is 2.65 bits per heavy atom. The van der Waals surface area contributed by atoms with Crippen LogP contribution in [0, 0.1) is 0 Å². The lowest BCUT2D eigenvalue weighted by atomic mass is 10.0. The van der Waals surface area contributed by atoms with E-state index in [9.17, 15) is 5.11 Å². The summed E-state index contributed by atoms with van der Waals surface area (Å²) in [7, 11) is 1.88. The molecular weight excluding hydrogens is 407 g/mol. The molecule has 3 nitrogen and oxygen atoms in total. The van der Waals surface area contributed by atoms with Crippen molar-refractivity contribution in [3.8, 4) is 0 Å². The highest BCUT2D eigenvalue weighted by molar-refractivity contribution is 9.10. The van der Waals surface area contributed by atoms with Crippen LogP contribution in [0.3, 0.4) is 0 Å². The van der Waals surface area contributed by atoms with Crippen LogP contribution >= 0.6 is 43.5 Å². The molecular formula is C14H15Br2ClN2O. The van der Waals surface area contributed by atoms with Gasteiger partial charge in [-0.3, -0.25) is 4.68 Å². The maximum Gasteiger partial charge on any atom is 0.0860 e. The van der Waals surface area contributed by atoms with Gasteiger partial charge < -0.3 is 5.11 Å². The maximum absolute atomic E-state index is 10.4. The zero-order valence-electron chi connectivity index (χ0n) is 11.2. The van der Waals surface area contributed by atoms with Crippen LogP contribution in [-0.2, 0) is 19.9 Å². The summed E-state index contributed by atoms with van der Waals surface area (Å²) >= 11 is 13.1. The van der Waals surface area contributed by atoms with Gasteiger partial charge in [-0.15, -0.1) is 0 Å². The standard InChI is InChI=1S/C14H15Br2ClN2O/c1-3-11-14(16)12(19(2)18-11)7-13(20)9-5-4-8(15)6-10(9)17/h4-6,13,20H,3,7H2,1-2H3. The zero-order chi connectivity index (χ0) is 14.9. The molecule has 0 aliphatic heterocycles. The molecule has 0 aliphatic rings. The Kier molecular flexibility index (Phi) is 5.29. The molecule has 6 heteroatoms. The fourth-order valence-electron chi connectivity index (χ4n) is 2.11. The van der Waals surface area contributed by atoms with Gasteiger partial charge in [0.2, 0.25) is 0 Å². The molecule has 0 amide bonds. The molecule has 1 heterocycles. The number of nitrogens with zero attached hydrogens (tertiary/aromatic N) is 2. The van der Waals surface area contributed by atoms with Gasteiger partial charge in [0.1, 0.15) is 0 Å². The van der Waals surface area contributed by atoms with Crippen LogP contribution in [0.25, 0.3) is 0 Å². The van der Waals surface area contributed by atoms with Crippen molar-refractivity contribution in [1.82, 2.24) is 9.78 Å². The van der Waals surface area contributed by atoms with Crippen LogP contribution in [0.5, 0.6) is 0 Å². The molecule has 0 aliphatic carbocycles. The van der Waals surface area contributed by atoms with E-state index < -0.39 is 6.10 Å². The molecule has 108 valence electrons. The van der Waals surface area contributed by atoms with Crippen molar-refractivity contribution in [2.75, 3.05) is 0 Å². The number of benzene rings is 1. The van der Waals surface area contributed by atoms with Crippen molar-refractivity contribution >= 4 is 43.5 Å². The van der Waals surface area contributed by atoms with Crippen molar-refractivity contribution in [3.05, 3.63) is 49.1 Å². The molecule has 0 spiro atoms. The third-order valence-electron chi connectivity index (χ3n) is 3.21. The first-order valence-electron chi connectivity index (χ1n) is 6.27. The zero-order valence-corrected chi connectivity index (χ0v) is 15.1. The lowest BCUT2D eigenvalue weighted by Crippen LogP contribution is -2.07. The van der Waals surface area contributed by atoms with Gasteiger partial charge in [0.05, 0.1) is 22.0 Å². The van der Waals surface area contributed by atoms with Gasteiger partial charge in [0.15, 0.2) is 0 Å². The first-order valence-corrected chi connectivity index (χ1v) is 8.23. The van der Waals surface area contributed by atoms with Crippen molar-refractivity contribution in [1.29, 1.82) is 0 Å². The third kappa shape index (κ3) is 3.27. The molecule has 1 atom stereocenters. The van der Waals surface area contributed by atoms with Gasteiger partial charge in [0.25, 0.3) is 0 Å². The fourth-order valence-corrected chi connectivity index (χ4v) is 3.68. The Bertz CT molecular complexity index is 628. The predicted molar refractivity (Wildman–Crippen MR) is 88.1 cm³/mol. The van der Waals surface area contributed by atoms with Crippen LogP contribution in [0.15, 0.2) is 27.1 Å². The minimum atomic E-state index is -0.660. The van der Waals surface area contributed by atoms with E-state index in [0.29, 0.717) is 11.4 Å². The number of aryl methyl sites for hydroxylation is 2. The molecule has 1 N–H and O–H groups in total. The average molecular weight is 423 g/mol. The minimum absolute atomic E-state index is 0.464. The second-order valence-corrected chi connectivity index (χ2v) is 6.69. The summed E-state index contributed by atoms with van der Waals surface area (Å²) in [6.07, 6.45) is 0.654. The highest BCUT2D eigenvalue weighted by Gasteiger charge is 2.19. The summed E-state index contributed by atoms with van der Waals surface area (Å²) in [5.74, 6) is 0. The van der Waals surface area contributed by atoms with Gasteiger partial charge >= 0.3 is 0 Å². The molecule has 0 bridgehead atoms. The van der Waals surface area contributed by atoms with Crippen LogP contribution in [-0.4, -0.2) is 14.9 Å². The highest BCUT2D eigenvalue weighted by atomic mass is 79.9. The first-order chi connectivity index (χ1) is 9.43. The molecule has 20 heavy (non-hydrogen) atoms. The molecule has 1 aromatic heterocycles.